The Morgan fingerprint density at radius 1 is 1.06 bits per heavy atom. The van der Waals surface area contributed by atoms with E-state index >= 15 is 0 Å². The van der Waals surface area contributed by atoms with Gasteiger partial charge in [-0.2, -0.15) is 0 Å². The van der Waals surface area contributed by atoms with Crippen molar-refractivity contribution in [2.24, 2.45) is 7.05 Å². The van der Waals surface area contributed by atoms with Crippen LogP contribution in [0.2, 0.25) is 0 Å². The molecule has 3 aromatic rings. The molecule has 10 nitrogen and oxygen atoms in total. The largest absolute Gasteiger partial charge is 0.497 e. The summed E-state index contributed by atoms with van der Waals surface area (Å²) in [6, 6.07) is 10.4. The van der Waals surface area contributed by atoms with Crippen LogP contribution in [0.15, 0.2) is 59.8 Å². The lowest BCUT2D eigenvalue weighted by Gasteiger charge is -2.20. The number of aryl methyl sites for hydroxylation is 1. The maximum Gasteiger partial charge on any atom is 0.252 e. The Hall–Kier alpha value is -3.41. The highest BCUT2D eigenvalue weighted by Crippen LogP contribution is 2.29. The van der Waals surface area contributed by atoms with E-state index in [1.807, 2.05) is 7.05 Å². The predicted octanol–water partition coefficient (Wildman–Crippen LogP) is 1.88. The number of sulfonamides is 1. The van der Waals surface area contributed by atoms with Crippen molar-refractivity contribution in [3.8, 4) is 11.5 Å². The normalized spacial score (nSPS) is 12.2. The van der Waals surface area contributed by atoms with E-state index in [0.29, 0.717) is 28.5 Å². The second-order valence-electron chi connectivity index (χ2n) is 7.36. The second-order valence-corrected chi connectivity index (χ2v) is 9.13. The first kappa shape index (κ1) is 25.2. The van der Waals surface area contributed by atoms with Gasteiger partial charge in [-0.25, -0.2) is 18.1 Å². The summed E-state index contributed by atoms with van der Waals surface area (Å²) in [6.45, 7) is 0.403. The van der Waals surface area contributed by atoms with Crippen LogP contribution in [-0.4, -0.2) is 58.4 Å². The minimum absolute atomic E-state index is 0.0540. The Balaban J connectivity index is 1.88. The third-order valence-electron chi connectivity index (χ3n) is 5.12. The van der Waals surface area contributed by atoms with Gasteiger partial charge in [0.1, 0.15) is 23.4 Å². The minimum Gasteiger partial charge on any atom is -0.497 e. The number of rotatable bonds is 11. The van der Waals surface area contributed by atoms with Crippen molar-refractivity contribution in [2.45, 2.75) is 10.9 Å². The van der Waals surface area contributed by atoms with Gasteiger partial charge in [0.25, 0.3) is 5.91 Å². The Kier molecular flexibility index (Phi) is 8.26. The molecule has 0 bridgehead atoms. The number of hydrogen-bond acceptors (Lipinski definition) is 7. The summed E-state index contributed by atoms with van der Waals surface area (Å²) in [5, 5.41) is 2.98. The second kappa shape index (κ2) is 11.1. The standard InChI is InChI=1S/C23H28N4O6S/c1-27-11-9-24-22(27)21(17-13-18(32-3)15-19(14-17)33-4)26-23(28)16-5-7-20(8-6-16)34(29,30)25-10-12-31-2/h5-9,11,13-15,21,25H,10,12H2,1-4H3,(H,26,28). The molecule has 1 heterocycles. The first-order chi connectivity index (χ1) is 16.3. The Morgan fingerprint density at radius 2 is 1.71 bits per heavy atom. The summed E-state index contributed by atoms with van der Waals surface area (Å²) >= 11 is 0. The molecule has 182 valence electrons. The topological polar surface area (TPSA) is 121 Å². The van der Waals surface area contributed by atoms with E-state index in [0.717, 1.165) is 0 Å². The van der Waals surface area contributed by atoms with Gasteiger partial charge in [-0.1, -0.05) is 0 Å². The molecule has 34 heavy (non-hydrogen) atoms. The lowest BCUT2D eigenvalue weighted by molar-refractivity contribution is 0.0941. The van der Waals surface area contributed by atoms with Crippen molar-refractivity contribution >= 4 is 15.9 Å². The monoisotopic (exact) mass is 488 g/mol. The molecule has 0 aliphatic rings. The van der Waals surface area contributed by atoms with E-state index in [4.69, 9.17) is 14.2 Å². The molecule has 0 aliphatic carbocycles. The van der Waals surface area contributed by atoms with Crippen molar-refractivity contribution in [3.63, 3.8) is 0 Å². The number of imidazole rings is 1. The third-order valence-corrected chi connectivity index (χ3v) is 6.60. The van der Waals surface area contributed by atoms with Crippen molar-refractivity contribution in [1.82, 2.24) is 19.6 Å². The van der Waals surface area contributed by atoms with Crippen LogP contribution in [0.4, 0.5) is 0 Å². The molecule has 0 radical (unpaired) electrons. The Labute approximate surface area is 198 Å². The van der Waals surface area contributed by atoms with Gasteiger partial charge in [0, 0.05) is 44.7 Å². The van der Waals surface area contributed by atoms with Crippen LogP contribution in [-0.2, 0) is 21.8 Å². The molecule has 2 N–H and O–H groups in total. The number of aromatic nitrogens is 2. The summed E-state index contributed by atoms with van der Waals surface area (Å²) in [5.41, 5.74) is 1.00. The average molecular weight is 489 g/mol. The molecular weight excluding hydrogens is 460 g/mol. The molecule has 0 saturated heterocycles. The van der Waals surface area contributed by atoms with Gasteiger partial charge in [0.15, 0.2) is 0 Å². The fourth-order valence-electron chi connectivity index (χ4n) is 3.31. The number of benzene rings is 2. The molecule has 0 fully saturated rings. The van der Waals surface area contributed by atoms with Crippen LogP contribution in [0.1, 0.15) is 27.8 Å². The highest BCUT2D eigenvalue weighted by atomic mass is 32.2. The average Bonchev–Trinajstić information content (AvgIpc) is 3.27. The molecule has 0 saturated carbocycles. The summed E-state index contributed by atoms with van der Waals surface area (Å²) in [6.07, 6.45) is 3.42. The predicted molar refractivity (Wildman–Crippen MR) is 126 cm³/mol. The Morgan fingerprint density at radius 3 is 2.24 bits per heavy atom. The number of ether oxygens (including phenoxy) is 3. The van der Waals surface area contributed by atoms with E-state index in [1.54, 1.807) is 49.4 Å². The number of nitrogens with one attached hydrogen (secondary N) is 2. The highest BCUT2D eigenvalue weighted by Gasteiger charge is 2.23. The molecule has 1 atom stereocenters. The van der Waals surface area contributed by atoms with Crippen LogP contribution in [0, 0.1) is 0 Å². The van der Waals surface area contributed by atoms with Gasteiger partial charge in [0.05, 0.1) is 25.7 Å². The third kappa shape index (κ3) is 5.93. The zero-order valence-corrected chi connectivity index (χ0v) is 20.3. The maximum atomic E-state index is 13.1. The Bertz CT molecular complexity index is 1200. The SMILES string of the molecule is COCCNS(=O)(=O)c1ccc(C(=O)NC(c2cc(OC)cc(OC)c2)c2nccn2C)cc1. The maximum absolute atomic E-state index is 13.1. The quantitative estimate of drug-likeness (QED) is 0.395. The molecule has 1 amide bonds. The zero-order valence-electron chi connectivity index (χ0n) is 19.4. The fourth-order valence-corrected chi connectivity index (χ4v) is 4.32. The van der Waals surface area contributed by atoms with Crippen LogP contribution < -0.4 is 19.5 Å². The van der Waals surface area contributed by atoms with E-state index in [9.17, 15) is 13.2 Å². The number of amides is 1. The summed E-state index contributed by atoms with van der Waals surface area (Å²) in [7, 11) is 2.71. The van der Waals surface area contributed by atoms with Crippen LogP contribution in [0.3, 0.4) is 0 Å². The lowest BCUT2D eigenvalue weighted by Crippen LogP contribution is -2.31. The summed E-state index contributed by atoms with van der Waals surface area (Å²) in [5.74, 6) is 1.34. The molecule has 0 aliphatic heterocycles. The van der Waals surface area contributed by atoms with Crippen LogP contribution >= 0.6 is 0 Å². The van der Waals surface area contributed by atoms with Crippen molar-refractivity contribution in [3.05, 3.63) is 71.8 Å². The number of hydrogen-bond donors (Lipinski definition) is 2. The van der Waals surface area contributed by atoms with Gasteiger partial charge in [-0.3, -0.25) is 4.79 Å². The molecule has 3 rings (SSSR count). The minimum atomic E-state index is -3.70. The number of carbonyl (C=O) groups excluding carboxylic acids is 1. The molecule has 0 spiro atoms. The first-order valence-corrected chi connectivity index (χ1v) is 11.9. The summed E-state index contributed by atoms with van der Waals surface area (Å²) < 4.78 is 44.6. The smallest absolute Gasteiger partial charge is 0.252 e. The number of methoxy groups -OCH3 is 3. The molecule has 2 aromatic carbocycles. The van der Waals surface area contributed by atoms with Crippen molar-refractivity contribution < 1.29 is 27.4 Å². The van der Waals surface area contributed by atoms with Gasteiger partial charge in [-0.05, 0) is 42.0 Å². The van der Waals surface area contributed by atoms with E-state index in [1.165, 1.54) is 31.4 Å². The van der Waals surface area contributed by atoms with E-state index < -0.39 is 22.0 Å². The lowest BCUT2D eigenvalue weighted by atomic mass is 10.0. The molecule has 1 unspecified atom stereocenters. The van der Waals surface area contributed by atoms with E-state index in [-0.39, 0.29) is 18.0 Å². The summed E-state index contributed by atoms with van der Waals surface area (Å²) in [4.78, 5) is 17.6. The van der Waals surface area contributed by atoms with Crippen molar-refractivity contribution in [1.29, 1.82) is 0 Å². The molecular formula is C23H28N4O6S. The van der Waals surface area contributed by atoms with Crippen molar-refractivity contribution in [2.75, 3.05) is 34.5 Å². The van der Waals surface area contributed by atoms with Gasteiger partial charge >= 0.3 is 0 Å². The zero-order chi connectivity index (χ0) is 24.7. The fraction of sp³-hybridized carbons (Fsp3) is 0.304. The first-order valence-electron chi connectivity index (χ1n) is 10.4. The van der Waals surface area contributed by atoms with Gasteiger partial charge < -0.3 is 24.1 Å². The molecule has 1 aromatic heterocycles. The van der Waals surface area contributed by atoms with Gasteiger partial charge in [-0.15, -0.1) is 0 Å². The molecule has 11 heteroatoms. The van der Waals surface area contributed by atoms with Crippen LogP contribution in [0.25, 0.3) is 0 Å². The highest BCUT2D eigenvalue weighted by molar-refractivity contribution is 7.89. The number of carbonyl (C=O) groups is 1. The van der Waals surface area contributed by atoms with Crippen LogP contribution in [0.5, 0.6) is 11.5 Å². The number of nitrogens with zero attached hydrogens (tertiary/aromatic N) is 2. The van der Waals surface area contributed by atoms with E-state index in [2.05, 4.69) is 15.0 Å². The van der Waals surface area contributed by atoms with Gasteiger partial charge in [0.2, 0.25) is 10.0 Å².